The topological polar surface area (TPSA) is 84.5 Å². The maximum Gasteiger partial charge on any atom is 0.349 e. The lowest BCUT2D eigenvalue weighted by atomic mass is 10.1. The molecule has 1 atom stereocenters. The number of benzene rings is 2. The number of hydrogen-bond donors (Lipinski definition) is 2. The number of thiophene rings is 1. The van der Waals surface area contributed by atoms with Gasteiger partial charge in [0.15, 0.2) is 6.10 Å². The van der Waals surface area contributed by atoms with Crippen molar-refractivity contribution in [1.29, 1.82) is 0 Å². The third-order valence-electron chi connectivity index (χ3n) is 4.02. The Morgan fingerprint density at radius 1 is 0.963 bits per heavy atom. The molecule has 0 aliphatic heterocycles. The summed E-state index contributed by atoms with van der Waals surface area (Å²) in [5.74, 6) is -1.64. The van der Waals surface area contributed by atoms with Crippen LogP contribution in [0.5, 0.6) is 0 Å². The summed E-state index contributed by atoms with van der Waals surface area (Å²) in [5.41, 5.74) is 5.80. The first kappa shape index (κ1) is 18.6. The molecule has 0 aliphatic rings. The van der Waals surface area contributed by atoms with Gasteiger partial charge in [0, 0.05) is 10.3 Å². The minimum absolute atomic E-state index is 0.406. The second-order valence-corrected chi connectivity index (χ2v) is 6.96. The van der Waals surface area contributed by atoms with Crippen molar-refractivity contribution >= 4 is 39.2 Å². The largest absolute Gasteiger partial charge is 0.448 e. The molecule has 0 saturated heterocycles. The average Bonchev–Trinajstić information content (AvgIpc) is 3.03. The summed E-state index contributed by atoms with van der Waals surface area (Å²) < 4.78 is 6.24. The summed E-state index contributed by atoms with van der Waals surface area (Å²) in [7, 11) is 0. The van der Waals surface area contributed by atoms with Crippen LogP contribution in [0, 0.1) is 6.92 Å². The van der Waals surface area contributed by atoms with Gasteiger partial charge in [-0.2, -0.15) is 0 Å². The fourth-order valence-corrected chi connectivity index (χ4v) is 3.61. The minimum Gasteiger partial charge on any atom is -0.448 e. The van der Waals surface area contributed by atoms with Crippen LogP contribution >= 0.6 is 11.3 Å². The summed E-state index contributed by atoms with van der Waals surface area (Å²) in [6, 6.07) is 16.1. The maximum atomic E-state index is 12.4. The second kappa shape index (κ2) is 8.01. The van der Waals surface area contributed by atoms with E-state index in [4.69, 9.17) is 4.74 Å². The Morgan fingerprint density at radius 3 is 2.33 bits per heavy atom. The summed E-state index contributed by atoms with van der Waals surface area (Å²) in [6.07, 6.45) is -1.06. The van der Waals surface area contributed by atoms with Crippen LogP contribution in [0.3, 0.4) is 0 Å². The van der Waals surface area contributed by atoms with E-state index in [1.54, 1.807) is 30.3 Å². The number of hydrazine groups is 1. The molecular formula is C20H18N2O4S. The molecule has 0 radical (unpaired) electrons. The zero-order chi connectivity index (χ0) is 19.4. The molecule has 7 heteroatoms. The van der Waals surface area contributed by atoms with Crippen molar-refractivity contribution in [2.24, 2.45) is 0 Å². The molecule has 0 bridgehead atoms. The van der Waals surface area contributed by atoms with Crippen molar-refractivity contribution in [3.05, 3.63) is 70.6 Å². The van der Waals surface area contributed by atoms with Gasteiger partial charge in [-0.3, -0.25) is 20.4 Å². The minimum atomic E-state index is -1.06. The number of carbonyl (C=O) groups is 3. The molecular weight excluding hydrogens is 364 g/mol. The predicted molar refractivity (Wildman–Crippen MR) is 103 cm³/mol. The van der Waals surface area contributed by atoms with Crippen molar-refractivity contribution in [3.63, 3.8) is 0 Å². The molecule has 0 aliphatic carbocycles. The summed E-state index contributed by atoms with van der Waals surface area (Å²) in [4.78, 5) is 36.9. The van der Waals surface area contributed by atoms with E-state index >= 15 is 0 Å². The molecule has 1 aromatic heterocycles. The van der Waals surface area contributed by atoms with Crippen molar-refractivity contribution in [3.8, 4) is 0 Å². The van der Waals surface area contributed by atoms with Crippen LogP contribution in [0.25, 0.3) is 10.1 Å². The third-order valence-corrected chi connectivity index (χ3v) is 5.27. The zero-order valence-electron chi connectivity index (χ0n) is 14.8. The van der Waals surface area contributed by atoms with Crippen molar-refractivity contribution in [2.75, 3.05) is 0 Å². The zero-order valence-corrected chi connectivity index (χ0v) is 15.6. The number of fused-ring (bicyclic) bond motifs is 1. The highest BCUT2D eigenvalue weighted by molar-refractivity contribution is 7.21. The van der Waals surface area contributed by atoms with Crippen LogP contribution in [0.2, 0.25) is 0 Å². The Bertz CT molecular complexity index is 998. The first-order valence-electron chi connectivity index (χ1n) is 8.31. The molecule has 138 valence electrons. The molecule has 6 nitrogen and oxygen atoms in total. The van der Waals surface area contributed by atoms with Gasteiger partial charge in [-0.25, -0.2) is 4.79 Å². The van der Waals surface area contributed by atoms with Crippen LogP contribution in [-0.2, 0) is 9.53 Å². The predicted octanol–water partition coefficient (Wildman–Crippen LogP) is 3.22. The Hall–Kier alpha value is -3.19. The van der Waals surface area contributed by atoms with Crippen molar-refractivity contribution < 1.29 is 19.1 Å². The molecule has 0 unspecified atom stereocenters. The first-order chi connectivity index (χ1) is 13.0. The van der Waals surface area contributed by atoms with Crippen molar-refractivity contribution in [2.45, 2.75) is 20.0 Å². The molecule has 2 aromatic carbocycles. The second-order valence-electron chi connectivity index (χ2n) is 5.91. The highest BCUT2D eigenvalue weighted by Gasteiger charge is 2.23. The third kappa shape index (κ3) is 4.15. The number of amides is 2. The van der Waals surface area contributed by atoms with Gasteiger partial charge in [-0.05, 0) is 43.0 Å². The van der Waals surface area contributed by atoms with Crippen LogP contribution in [0.4, 0.5) is 0 Å². The van der Waals surface area contributed by atoms with E-state index in [-0.39, 0.29) is 0 Å². The lowest BCUT2D eigenvalue weighted by Crippen LogP contribution is -2.46. The molecule has 1 heterocycles. The lowest BCUT2D eigenvalue weighted by Gasteiger charge is -2.14. The van der Waals surface area contributed by atoms with Gasteiger partial charge in [-0.15, -0.1) is 11.3 Å². The Balaban J connectivity index is 1.59. The number of ether oxygens (including phenoxy) is 1. The fourth-order valence-electron chi connectivity index (χ4n) is 2.52. The highest BCUT2D eigenvalue weighted by Crippen LogP contribution is 2.31. The van der Waals surface area contributed by atoms with Gasteiger partial charge in [0.1, 0.15) is 4.88 Å². The lowest BCUT2D eigenvalue weighted by molar-refractivity contribution is -0.129. The summed E-state index contributed by atoms with van der Waals surface area (Å²) >= 11 is 1.33. The van der Waals surface area contributed by atoms with E-state index in [2.05, 4.69) is 10.9 Å². The normalized spacial score (nSPS) is 11.6. The molecule has 0 spiro atoms. The van der Waals surface area contributed by atoms with Crippen molar-refractivity contribution in [1.82, 2.24) is 10.9 Å². The Labute approximate surface area is 160 Å². The number of rotatable bonds is 4. The van der Waals surface area contributed by atoms with E-state index in [0.717, 1.165) is 15.6 Å². The van der Waals surface area contributed by atoms with Gasteiger partial charge in [0.25, 0.3) is 11.8 Å². The van der Waals surface area contributed by atoms with E-state index < -0.39 is 23.9 Å². The van der Waals surface area contributed by atoms with Crippen LogP contribution in [0.1, 0.15) is 32.5 Å². The fraction of sp³-hybridized carbons (Fsp3) is 0.150. The molecule has 2 amide bonds. The van der Waals surface area contributed by atoms with Crippen LogP contribution < -0.4 is 10.9 Å². The van der Waals surface area contributed by atoms with E-state index in [1.807, 2.05) is 31.2 Å². The molecule has 3 rings (SSSR count). The molecule has 27 heavy (non-hydrogen) atoms. The average molecular weight is 382 g/mol. The van der Waals surface area contributed by atoms with E-state index in [1.165, 1.54) is 18.3 Å². The Morgan fingerprint density at radius 2 is 1.63 bits per heavy atom. The van der Waals surface area contributed by atoms with Gasteiger partial charge >= 0.3 is 5.97 Å². The smallest absolute Gasteiger partial charge is 0.349 e. The van der Waals surface area contributed by atoms with Gasteiger partial charge < -0.3 is 4.74 Å². The molecule has 2 N–H and O–H groups in total. The molecule has 3 aromatic rings. The number of esters is 1. The van der Waals surface area contributed by atoms with E-state index in [0.29, 0.717) is 10.4 Å². The standard InChI is InChI=1S/C20H18N2O4S/c1-12-15-10-6-7-11-16(15)27-17(12)20(25)26-13(2)18(23)21-22-19(24)14-8-4-3-5-9-14/h3-11,13H,1-2H3,(H,21,23)(H,22,24)/t13-/m0/s1. The molecule has 0 fully saturated rings. The highest BCUT2D eigenvalue weighted by atomic mass is 32.1. The SMILES string of the molecule is Cc1c(C(=O)O[C@@H](C)C(=O)NNC(=O)c2ccccc2)sc2ccccc12. The number of aryl methyl sites for hydroxylation is 1. The first-order valence-corrected chi connectivity index (χ1v) is 9.13. The number of nitrogens with one attached hydrogen (secondary N) is 2. The quantitative estimate of drug-likeness (QED) is 0.536. The monoisotopic (exact) mass is 382 g/mol. The van der Waals surface area contributed by atoms with Gasteiger partial charge in [0.05, 0.1) is 0 Å². The van der Waals surface area contributed by atoms with Crippen LogP contribution in [0.15, 0.2) is 54.6 Å². The van der Waals surface area contributed by atoms with E-state index in [9.17, 15) is 14.4 Å². The summed E-state index contributed by atoms with van der Waals surface area (Å²) in [6.45, 7) is 3.30. The van der Waals surface area contributed by atoms with Gasteiger partial charge in [0.2, 0.25) is 0 Å². The summed E-state index contributed by atoms with van der Waals surface area (Å²) in [5, 5.41) is 0.988. The number of carbonyl (C=O) groups excluding carboxylic acids is 3. The number of hydrogen-bond acceptors (Lipinski definition) is 5. The molecule has 0 saturated carbocycles. The van der Waals surface area contributed by atoms with Gasteiger partial charge in [-0.1, -0.05) is 36.4 Å². The van der Waals surface area contributed by atoms with Crippen LogP contribution in [-0.4, -0.2) is 23.9 Å². The Kier molecular flexibility index (Phi) is 5.52. The maximum absolute atomic E-state index is 12.4.